The molecule has 0 saturated carbocycles. The molecule has 1 spiro atoms. The van der Waals surface area contributed by atoms with Crippen molar-refractivity contribution >= 4 is 22.4 Å². The molecule has 6 nitrogen and oxygen atoms in total. The summed E-state index contributed by atoms with van der Waals surface area (Å²) in [4.78, 5) is 13.2. The van der Waals surface area contributed by atoms with Crippen LogP contribution in [0.2, 0.25) is 0 Å². The van der Waals surface area contributed by atoms with Crippen LogP contribution in [-0.2, 0) is 10.2 Å². The number of phenols is 1. The predicted octanol–water partition coefficient (Wildman–Crippen LogP) is 2.87. The van der Waals surface area contributed by atoms with Crippen molar-refractivity contribution < 1.29 is 14.6 Å². The van der Waals surface area contributed by atoms with Gasteiger partial charge in [0, 0.05) is 27.6 Å². The molecule has 2 aliphatic heterocycles. The number of benzene rings is 3. The molecule has 0 bridgehead atoms. The van der Waals surface area contributed by atoms with Crippen molar-refractivity contribution in [2.45, 2.75) is 5.41 Å². The van der Waals surface area contributed by atoms with Crippen molar-refractivity contribution in [2.75, 3.05) is 5.32 Å². The molecule has 3 aromatic rings. The number of anilines is 1. The van der Waals surface area contributed by atoms with E-state index in [0.717, 1.165) is 0 Å². The lowest BCUT2D eigenvalue weighted by Crippen LogP contribution is -2.42. The maximum atomic E-state index is 13.2. The molecule has 27 heavy (non-hydrogen) atoms. The van der Waals surface area contributed by atoms with Crippen molar-refractivity contribution in [1.29, 1.82) is 5.26 Å². The molecule has 2 heterocycles. The zero-order valence-electron chi connectivity index (χ0n) is 14.0. The lowest BCUT2D eigenvalue weighted by atomic mass is 9.68. The van der Waals surface area contributed by atoms with E-state index in [1.165, 1.54) is 0 Å². The van der Waals surface area contributed by atoms with Gasteiger partial charge in [-0.3, -0.25) is 4.79 Å². The van der Waals surface area contributed by atoms with Gasteiger partial charge in [-0.05, 0) is 12.1 Å². The predicted molar refractivity (Wildman–Crippen MR) is 98.9 cm³/mol. The molecule has 0 aromatic heterocycles. The van der Waals surface area contributed by atoms with Gasteiger partial charge in [-0.25, -0.2) is 0 Å². The van der Waals surface area contributed by atoms with E-state index < -0.39 is 5.41 Å². The van der Waals surface area contributed by atoms with Gasteiger partial charge in [-0.15, -0.1) is 0 Å². The number of nitrogens with one attached hydrogen (secondary N) is 1. The van der Waals surface area contributed by atoms with Gasteiger partial charge in [0.25, 0.3) is 0 Å². The summed E-state index contributed by atoms with van der Waals surface area (Å²) >= 11 is 0. The first-order chi connectivity index (χ1) is 13.1. The van der Waals surface area contributed by atoms with Gasteiger partial charge in [0.05, 0.1) is 0 Å². The van der Waals surface area contributed by atoms with Crippen LogP contribution in [0.15, 0.2) is 66.1 Å². The van der Waals surface area contributed by atoms with Crippen LogP contribution in [0.1, 0.15) is 11.1 Å². The van der Waals surface area contributed by atoms with Gasteiger partial charge in [-0.1, -0.05) is 42.5 Å². The maximum Gasteiger partial charge on any atom is 0.245 e. The topological polar surface area (TPSA) is 108 Å². The van der Waals surface area contributed by atoms with Gasteiger partial charge in [0.15, 0.2) is 0 Å². The summed E-state index contributed by atoms with van der Waals surface area (Å²) < 4.78 is 5.80. The monoisotopic (exact) mass is 355 g/mol. The van der Waals surface area contributed by atoms with E-state index in [0.29, 0.717) is 33.3 Å². The molecule has 5 rings (SSSR count). The number of hydrogen-bond acceptors (Lipinski definition) is 5. The number of rotatable bonds is 0. The molecule has 0 saturated heterocycles. The van der Waals surface area contributed by atoms with E-state index in [-0.39, 0.29) is 23.1 Å². The van der Waals surface area contributed by atoms with Crippen molar-refractivity contribution in [3.63, 3.8) is 0 Å². The lowest BCUT2D eigenvalue weighted by Gasteiger charge is -2.34. The fraction of sp³-hybridized carbons (Fsp3) is 0.0476. The lowest BCUT2D eigenvalue weighted by molar-refractivity contribution is -0.118. The Kier molecular flexibility index (Phi) is 2.84. The highest BCUT2D eigenvalue weighted by atomic mass is 16.5. The number of nitriles is 1. The third-order valence-corrected chi connectivity index (χ3v) is 5.26. The minimum Gasteiger partial charge on any atom is -0.507 e. The molecule has 1 atom stereocenters. The van der Waals surface area contributed by atoms with Crippen molar-refractivity contribution in [3.05, 3.63) is 77.2 Å². The number of nitrogens with zero attached hydrogens (tertiary/aromatic N) is 1. The van der Waals surface area contributed by atoms with E-state index >= 15 is 0 Å². The molecule has 2 aliphatic rings. The summed E-state index contributed by atoms with van der Waals surface area (Å²) in [5, 5.41) is 24.0. The summed E-state index contributed by atoms with van der Waals surface area (Å²) in [6.07, 6.45) is 0. The van der Waals surface area contributed by atoms with Crippen LogP contribution in [0.5, 0.6) is 11.5 Å². The number of carbonyl (C=O) groups is 1. The van der Waals surface area contributed by atoms with E-state index in [1.54, 1.807) is 42.5 Å². The SMILES string of the molecule is N#CC1=C(N)Oc2c(ccc3c(O)cccc23)C12C(=O)Nc1ccccc12. The number of ether oxygens (including phenoxy) is 1. The molecule has 0 radical (unpaired) electrons. The summed E-state index contributed by atoms with van der Waals surface area (Å²) in [6, 6.07) is 17.8. The zero-order valence-corrected chi connectivity index (χ0v) is 14.0. The van der Waals surface area contributed by atoms with Crippen LogP contribution in [0, 0.1) is 11.3 Å². The van der Waals surface area contributed by atoms with E-state index in [2.05, 4.69) is 11.4 Å². The second-order valence-electron chi connectivity index (χ2n) is 6.52. The first-order valence-electron chi connectivity index (χ1n) is 8.33. The number of amides is 1. The Bertz CT molecular complexity index is 1240. The number of aromatic hydroxyl groups is 1. The van der Waals surface area contributed by atoms with Crippen molar-refractivity contribution in [1.82, 2.24) is 0 Å². The molecule has 1 amide bonds. The quantitative estimate of drug-likeness (QED) is 0.575. The number of hydrogen-bond donors (Lipinski definition) is 3. The molecule has 3 aromatic carbocycles. The Labute approximate surface area is 154 Å². The highest BCUT2D eigenvalue weighted by molar-refractivity contribution is 6.13. The van der Waals surface area contributed by atoms with Gasteiger partial charge >= 0.3 is 0 Å². The Morgan fingerprint density at radius 2 is 1.85 bits per heavy atom. The van der Waals surface area contributed by atoms with Gasteiger partial charge in [0.1, 0.15) is 28.6 Å². The van der Waals surface area contributed by atoms with Gasteiger partial charge < -0.3 is 20.9 Å². The average molecular weight is 355 g/mol. The fourth-order valence-corrected chi connectivity index (χ4v) is 4.11. The molecule has 6 heteroatoms. The summed E-state index contributed by atoms with van der Waals surface area (Å²) in [6.45, 7) is 0. The fourth-order valence-electron chi connectivity index (χ4n) is 4.11. The Balaban J connectivity index is 1.97. The first kappa shape index (κ1) is 15.3. The Morgan fingerprint density at radius 3 is 2.67 bits per heavy atom. The number of fused-ring (bicyclic) bond motifs is 6. The molecular formula is C21H13N3O3. The summed E-state index contributed by atoms with van der Waals surface area (Å²) in [5.74, 6) is -0.00967. The summed E-state index contributed by atoms with van der Waals surface area (Å²) in [7, 11) is 0. The van der Waals surface area contributed by atoms with Crippen LogP contribution in [-0.4, -0.2) is 11.0 Å². The maximum absolute atomic E-state index is 13.2. The Hall–Kier alpha value is -3.98. The van der Waals surface area contributed by atoms with E-state index in [9.17, 15) is 15.2 Å². The zero-order chi connectivity index (χ0) is 18.8. The molecule has 0 fully saturated rings. The van der Waals surface area contributed by atoms with Crippen LogP contribution in [0.4, 0.5) is 5.69 Å². The number of carbonyl (C=O) groups excluding carboxylic acids is 1. The molecular weight excluding hydrogens is 342 g/mol. The number of phenolic OH excluding ortho intramolecular Hbond substituents is 1. The minimum absolute atomic E-state index is 0.0527. The number of nitrogens with two attached hydrogens (primary N) is 1. The van der Waals surface area contributed by atoms with Crippen molar-refractivity contribution in [3.8, 4) is 17.6 Å². The average Bonchev–Trinajstić information content (AvgIpc) is 2.95. The standard InChI is InChI=1S/C21H13N3O3/c22-10-15-19(23)27-18-12-4-3-7-17(25)11(12)8-9-14(18)21(15)13-5-1-2-6-16(13)24-20(21)26/h1-9,25H,23H2,(H,24,26). The Morgan fingerprint density at radius 1 is 1.04 bits per heavy atom. The first-order valence-corrected chi connectivity index (χ1v) is 8.33. The second kappa shape index (κ2) is 5.02. The highest BCUT2D eigenvalue weighted by Gasteiger charge is 2.56. The van der Waals surface area contributed by atoms with Crippen molar-refractivity contribution in [2.24, 2.45) is 5.73 Å². The largest absolute Gasteiger partial charge is 0.507 e. The van der Waals surface area contributed by atoms with E-state index in [1.807, 2.05) is 12.1 Å². The highest BCUT2D eigenvalue weighted by Crippen LogP contribution is 2.54. The van der Waals surface area contributed by atoms with Crippen LogP contribution >= 0.6 is 0 Å². The van der Waals surface area contributed by atoms with Crippen LogP contribution in [0.25, 0.3) is 10.8 Å². The smallest absolute Gasteiger partial charge is 0.245 e. The second-order valence-corrected chi connectivity index (χ2v) is 6.52. The van der Waals surface area contributed by atoms with Crippen LogP contribution in [0.3, 0.4) is 0 Å². The number of para-hydroxylation sites is 1. The van der Waals surface area contributed by atoms with Gasteiger partial charge in [-0.2, -0.15) is 5.26 Å². The normalized spacial score (nSPS) is 20.0. The van der Waals surface area contributed by atoms with Gasteiger partial charge in [0.2, 0.25) is 11.8 Å². The molecule has 4 N–H and O–H groups in total. The molecule has 130 valence electrons. The van der Waals surface area contributed by atoms with Crippen LogP contribution < -0.4 is 15.8 Å². The third-order valence-electron chi connectivity index (χ3n) is 5.26. The molecule has 1 unspecified atom stereocenters. The third kappa shape index (κ3) is 1.70. The minimum atomic E-state index is -1.39. The van der Waals surface area contributed by atoms with E-state index in [4.69, 9.17) is 10.5 Å². The summed E-state index contributed by atoms with van der Waals surface area (Å²) in [5.41, 5.74) is 6.57. The molecule has 0 aliphatic carbocycles.